The van der Waals surface area contributed by atoms with E-state index in [1.54, 1.807) is 10.9 Å². The molecule has 0 amide bonds. The molecule has 4 heteroatoms. The number of hydrogen-bond donors (Lipinski definition) is 0. The van der Waals surface area contributed by atoms with Crippen LogP contribution in [0.25, 0.3) is 11.4 Å². The van der Waals surface area contributed by atoms with Crippen molar-refractivity contribution in [1.82, 2.24) is 14.8 Å². The molecule has 11 heavy (non-hydrogen) atoms. The van der Waals surface area contributed by atoms with Crippen LogP contribution in [0.2, 0.25) is 0 Å². The van der Waals surface area contributed by atoms with Crippen LogP contribution in [0.15, 0.2) is 29.3 Å². The van der Waals surface area contributed by atoms with Crippen molar-refractivity contribution in [2.75, 3.05) is 0 Å². The van der Waals surface area contributed by atoms with Crippen molar-refractivity contribution in [2.24, 2.45) is 7.05 Å². The van der Waals surface area contributed by atoms with Crippen LogP contribution in [0, 0.1) is 0 Å². The normalized spacial score (nSPS) is 10.3. The fraction of sp³-hybridized carbons (Fsp3) is 0.143. The predicted octanol–water partition coefficient (Wildman–Crippen LogP) is 1.08. The van der Waals surface area contributed by atoms with E-state index in [1.807, 2.05) is 19.3 Å². The van der Waals surface area contributed by atoms with Crippen molar-refractivity contribution in [2.45, 2.75) is 0 Å². The van der Waals surface area contributed by atoms with Crippen LogP contribution in [-0.2, 0) is 7.05 Å². The maximum atomic E-state index is 4.82. The second kappa shape index (κ2) is 2.23. The van der Waals surface area contributed by atoms with Crippen LogP contribution in [0.1, 0.15) is 0 Å². The Kier molecular flexibility index (Phi) is 1.25. The van der Waals surface area contributed by atoms with E-state index in [4.69, 9.17) is 4.42 Å². The minimum atomic E-state index is 0.769. The van der Waals surface area contributed by atoms with Crippen molar-refractivity contribution >= 4 is 0 Å². The van der Waals surface area contributed by atoms with E-state index < -0.39 is 0 Å². The third kappa shape index (κ3) is 1.02. The molecule has 0 aliphatic heterocycles. The lowest BCUT2D eigenvalue weighted by molar-refractivity contribution is 0.558. The van der Waals surface area contributed by atoms with Gasteiger partial charge in [-0.1, -0.05) is 0 Å². The fourth-order valence-corrected chi connectivity index (χ4v) is 0.891. The topological polar surface area (TPSA) is 43.9 Å². The van der Waals surface area contributed by atoms with Gasteiger partial charge in [-0.2, -0.15) is 5.10 Å². The van der Waals surface area contributed by atoms with Crippen molar-refractivity contribution in [1.29, 1.82) is 0 Å². The first-order valence-electron chi connectivity index (χ1n) is 3.24. The van der Waals surface area contributed by atoms with Gasteiger partial charge < -0.3 is 4.42 Å². The van der Waals surface area contributed by atoms with E-state index in [0.717, 1.165) is 11.4 Å². The Morgan fingerprint density at radius 2 is 2.36 bits per heavy atom. The Balaban J connectivity index is 2.45. The maximum absolute atomic E-state index is 4.82. The first-order chi connectivity index (χ1) is 5.36. The monoisotopic (exact) mass is 149 g/mol. The van der Waals surface area contributed by atoms with Gasteiger partial charge in [-0.25, -0.2) is 4.98 Å². The number of aryl methyl sites for hydroxylation is 1. The molecule has 0 aliphatic carbocycles. The molecule has 0 fully saturated rings. The highest BCUT2D eigenvalue weighted by atomic mass is 16.3. The van der Waals surface area contributed by atoms with Gasteiger partial charge in [-0.05, 0) is 6.07 Å². The second-order valence-corrected chi connectivity index (χ2v) is 2.25. The van der Waals surface area contributed by atoms with Gasteiger partial charge in [0.2, 0.25) is 0 Å². The number of aromatic nitrogens is 3. The van der Waals surface area contributed by atoms with Gasteiger partial charge in [-0.3, -0.25) is 4.68 Å². The van der Waals surface area contributed by atoms with E-state index in [0.29, 0.717) is 0 Å². The molecule has 56 valence electrons. The molecule has 0 bridgehead atoms. The highest BCUT2D eigenvalue weighted by molar-refractivity contribution is 5.50. The highest BCUT2D eigenvalue weighted by Crippen LogP contribution is 2.12. The number of oxazole rings is 1. The lowest BCUT2D eigenvalue weighted by atomic mass is 10.3. The molecule has 0 saturated heterocycles. The Morgan fingerprint density at radius 1 is 1.45 bits per heavy atom. The van der Waals surface area contributed by atoms with Crippen LogP contribution >= 0.6 is 0 Å². The summed E-state index contributed by atoms with van der Waals surface area (Å²) in [6.45, 7) is 0. The van der Waals surface area contributed by atoms with Crippen molar-refractivity contribution < 1.29 is 4.42 Å². The molecule has 0 atom stereocenters. The fourth-order valence-electron chi connectivity index (χ4n) is 0.891. The molecule has 0 aromatic carbocycles. The Morgan fingerprint density at radius 3 is 2.91 bits per heavy atom. The van der Waals surface area contributed by atoms with Crippen LogP contribution in [0.3, 0.4) is 0 Å². The molecule has 2 rings (SSSR count). The zero-order valence-corrected chi connectivity index (χ0v) is 6.06. The molecule has 0 aliphatic rings. The molecule has 2 heterocycles. The van der Waals surface area contributed by atoms with Crippen LogP contribution in [-0.4, -0.2) is 14.8 Å². The smallest absolute Gasteiger partial charge is 0.181 e. The van der Waals surface area contributed by atoms with E-state index >= 15 is 0 Å². The van der Waals surface area contributed by atoms with E-state index in [2.05, 4.69) is 10.1 Å². The molecule has 2 aromatic heterocycles. The first-order valence-corrected chi connectivity index (χ1v) is 3.24. The lowest BCUT2D eigenvalue weighted by Crippen LogP contribution is -1.87. The largest absolute Gasteiger partial charge is 0.451 e. The van der Waals surface area contributed by atoms with Gasteiger partial charge in [-0.15, -0.1) is 0 Å². The predicted molar refractivity (Wildman–Crippen MR) is 38.7 cm³/mol. The minimum absolute atomic E-state index is 0.769. The standard InChI is InChI=1S/C7H7N3O/c1-10-3-2-6(9-10)7-4-11-5-8-7/h2-5H,1H3. The minimum Gasteiger partial charge on any atom is -0.451 e. The average molecular weight is 149 g/mol. The Bertz CT molecular complexity index is 336. The summed E-state index contributed by atoms with van der Waals surface area (Å²) in [7, 11) is 1.86. The van der Waals surface area contributed by atoms with Gasteiger partial charge >= 0.3 is 0 Å². The summed E-state index contributed by atoms with van der Waals surface area (Å²) in [5, 5.41) is 4.15. The maximum Gasteiger partial charge on any atom is 0.181 e. The lowest BCUT2D eigenvalue weighted by Gasteiger charge is -1.85. The molecule has 0 N–H and O–H groups in total. The molecule has 0 radical (unpaired) electrons. The summed E-state index contributed by atoms with van der Waals surface area (Å²) in [4.78, 5) is 3.96. The van der Waals surface area contributed by atoms with E-state index in [1.165, 1.54) is 6.39 Å². The van der Waals surface area contributed by atoms with E-state index in [-0.39, 0.29) is 0 Å². The first kappa shape index (κ1) is 6.15. The molecule has 4 nitrogen and oxygen atoms in total. The van der Waals surface area contributed by atoms with Crippen molar-refractivity contribution in [3.63, 3.8) is 0 Å². The molecule has 2 aromatic rings. The zero-order chi connectivity index (χ0) is 7.68. The van der Waals surface area contributed by atoms with Crippen molar-refractivity contribution in [3.05, 3.63) is 24.9 Å². The number of nitrogens with zero attached hydrogens (tertiary/aromatic N) is 3. The molecule has 0 spiro atoms. The van der Waals surface area contributed by atoms with Gasteiger partial charge in [0, 0.05) is 13.2 Å². The number of hydrogen-bond acceptors (Lipinski definition) is 3. The van der Waals surface area contributed by atoms with Gasteiger partial charge in [0.15, 0.2) is 6.39 Å². The second-order valence-electron chi connectivity index (χ2n) is 2.25. The quantitative estimate of drug-likeness (QED) is 0.609. The third-order valence-electron chi connectivity index (χ3n) is 1.41. The summed E-state index contributed by atoms with van der Waals surface area (Å²) in [6, 6.07) is 1.89. The summed E-state index contributed by atoms with van der Waals surface area (Å²) in [5.41, 5.74) is 1.60. The number of rotatable bonds is 1. The Labute approximate surface area is 63.5 Å². The Hall–Kier alpha value is -1.58. The van der Waals surface area contributed by atoms with Gasteiger partial charge in [0.05, 0.1) is 0 Å². The van der Waals surface area contributed by atoms with E-state index in [9.17, 15) is 0 Å². The summed E-state index contributed by atoms with van der Waals surface area (Å²) in [6.07, 6.45) is 4.83. The van der Waals surface area contributed by atoms with Crippen LogP contribution < -0.4 is 0 Å². The summed E-state index contributed by atoms with van der Waals surface area (Å²) in [5.74, 6) is 0. The molecular weight excluding hydrogens is 142 g/mol. The molecule has 0 unspecified atom stereocenters. The summed E-state index contributed by atoms with van der Waals surface area (Å²) >= 11 is 0. The van der Waals surface area contributed by atoms with Crippen LogP contribution in [0.4, 0.5) is 0 Å². The summed E-state index contributed by atoms with van der Waals surface area (Å²) < 4.78 is 6.54. The highest BCUT2D eigenvalue weighted by Gasteiger charge is 2.01. The molecular formula is C7H7N3O. The average Bonchev–Trinajstić information content (AvgIpc) is 2.55. The third-order valence-corrected chi connectivity index (χ3v) is 1.41. The van der Waals surface area contributed by atoms with Gasteiger partial charge in [0.25, 0.3) is 0 Å². The zero-order valence-electron chi connectivity index (χ0n) is 6.06. The van der Waals surface area contributed by atoms with Gasteiger partial charge in [0.1, 0.15) is 17.7 Å². The SMILES string of the molecule is Cn1ccc(-c2cocn2)n1. The molecule has 0 saturated carbocycles. The van der Waals surface area contributed by atoms with Crippen LogP contribution in [0.5, 0.6) is 0 Å². The van der Waals surface area contributed by atoms with Crippen molar-refractivity contribution in [3.8, 4) is 11.4 Å².